The van der Waals surface area contributed by atoms with Gasteiger partial charge in [-0.1, -0.05) is 30.3 Å². The molecular weight excluding hydrogens is 1010 g/mol. The molecule has 6 amide bonds. The number of carbonyl (C=O) groups is 6. The summed E-state index contributed by atoms with van der Waals surface area (Å²) in [6.07, 6.45) is 1.99. The van der Waals surface area contributed by atoms with Gasteiger partial charge in [0.25, 0.3) is 23.6 Å². The molecule has 0 radical (unpaired) electrons. The average molecular weight is 1080 g/mol. The number of carbonyl (C=O) groups excluding carboxylic acids is 6. The summed E-state index contributed by atoms with van der Waals surface area (Å²) < 4.78 is 41.0. The Kier molecular flexibility index (Phi) is 18.1. The molecule has 20 nitrogen and oxygen atoms in total. The normalized spacial score (nSPS) is 14.0. The monoisotopic (exact) mass is 1080 g/mol. The Morgan fingerprint density at radius 2 is 1.49 bits per heavy atom. The molecule has 2 aromatic heterocycles. The molecule has 0 bridgehead atoms. The number of aromatic nitrogens is 2. The fourth-order valence-corrected chi connectivity index (χ4v) is 9.15. The fraction of sp³-hybridized carbons (Fsp3) is 0.375. The molecule has 6 aromatic rings. The molecule has 4 heterocycles. The molecule has 0 spiro atoms. The first-order chi connectivity index (χ1) is 37.0. The van der Waals surface area contributed by atoms with Gasteiger partial charge in [0.05, 0.1) is 68.7 Å². The highest BCUT2D eigenvalue weighted by molar-refractivity contribution is 6.21. The van der Waals surface area contributed by atoms with Crippen LogP contribution in [-0.4, -0.2) is 165 Å². The zero-order valence-electron chi connectivity index (χ0n) is 43.9. The molecule has 1 atom stereocenters. The van der Waals surface area contributed by atoms with Crippen molar-refractivity contribution in [1.29, 1.82) is 0 Å². The maximum atomic E-state index is 14.6. The predicted molar refractivity (Wildman–Crippen MR) is 287 cm³/mol. The number of amides is 6. The summed E-state index contributed by atoms with van der Waals surface area (Å²) in [6, 6.07) is 24.1. The first-order valence-electron chi connectivity index (χ1n) is 25.1. The van der Waals surface area contributed by atoms with Crippen LogP contribution in [0.25, 0.3) is 16.4 Å². The smallest absolute Gasteiger partial charge is 0.415 e. The van der Waals surface area contributed by atoms with Crippen molar-refractivity contribution in [2.45, 2.75) is 39.2 Å². The maximum absolute atomic E-state index is 14.6. The van der Waals surface area contributed by atoms with Gasteiger partial charge in [0, 0.05) is 81.5 Å². The number of pyridine rings is 1. The number of methoxy groups -OCH3 is 1. The second-order valence-corrected chi connectivity index (χ2v) is 19.6. The highest BCUT2D eigenvalue weighted by Gasteiger charge is 2.38. The van der Waals surface area contributed by atoms with Gasteiger partial charge >= 0.3 is 12.2 Å². The number of hydrogen-bond acceptors (Lipinski definition) is 14. The number of aryl methyl sites for hydroxylation is 1. The van der Waals surface area contributed by atoms with Crippen LogP contribution in [0.2, 0.25) is 0 Å². The molecule has 77 heavy (non-hydrogen) atoms. The van der Waals surface area contributed by atoms with E-state index in [1.165, 1.54) is 21.8 Å². The molecule has 2 aliphatic heterocycles. The van der Waals surface area contributed by atoms with E-state index in [1.54, 1.807) is 116 Å². The number of rotatable bonds is 23. The van der Waals surface area contributed by atoms with Crippen LogP contribution in [0.1, 0.15) is 79.4 Å². The Labute approximate surface area is 450 Å². The van der Waals surface area contributed by atoms with Crippen LogP contribution in [0.15, 0.2) is 97.3 Å². The molecular formula is C56H62ClN7O13. The highest BCUT2D eigenvalue weighted by Crippen LogP contribution is 2.47. The Morgan fingerprint density at radius 1 is 0.805 bits per heavy atom. The summed E-state index contributed by atoms with van der Waals surface area (Å²) >= 11 is 6.66. The van der Waals surface area contributed by atoms with Crippen molar-refractivity contribution in [3.05, 3.63) is 131 Å². The topological polar surface area (TPSA) is 209 Å². The molecule has 8 rings (SSSR count). The lowest BCUT2D eigenvalue weighted by Gasteiger charge is -2.28. The first kappa shape index (κ1) is 55.6. The minimum atomic E-state index is -0.734. The van der Waals surface area contributed by atoms with Crippen LogP contribution in [0, 0.1) is 6.92 Å². The molecule has 0 aliphatic carbocycles. The van der Waals surface area contributed by atoms with Crippen LogP contribution < -0.4 is 19.7 Å². The summed E-state index contributed by atoms with van der Waals surface area (Å²) in [7, 11) is 3.10. The van der Waals surface area contributed by atoms with Gasteiger partial charge in [-0.05, 0) is 92.7 Å². The van der Waals surface area contributed by atoms with Crippen LogP contribution in [0.5, 0.6) is 11.5 Å². The Hall–Kier alpha value is -7.62. The Balaban J connectivity index is 0.921. The van der Waals surface area contributed by atoms with Crippen molar-refractivity contribution >= 4 is 75.2 Å². The Morgan fingerprint density at radius 3 is 2.17 bits per heavy atom. The number of imidazole rings is 1. The molecule has 0 saturated carbocycles. The van der Waals surface area contributed by atoms with Crippen molar-refractivity contribution in [3.63, 3.8) is 0 Å². The lowest BCUT2D eigenvalue weighted by atomic mass is 9.92. The average Bonchev–Trinajstić information content (AvgIpc) is 4.22. The zero-order chi connectivity index (χ0) is 54.8. The van der Waals surface area contributed by atoms with Gasteiger partial charge < -0.3 is 57.6 Å². The summed E-state index contributed by atoms with van der Waals surface area (Å²) in [5.74, 6) is -0.731. The van der Waals surface area contributed by atoms with Gasteiger partial charge in [-0.15, -0.1) is 11.6 Å². The SMILES string of the molecule is COCOc1ccc(C(=O)Nc2ccc3nc(C(=O)N4C[C@@H](CCl)c5c4cc(OC(=O)N(CCOCCOCCOCCN4C(=O)c6ccccc6C4=O)CCN(C)C(=O)OC(C)(C)C)c4cccc(C)c54)cn3c2)cc1. The molecule has 21 heteroatoms. The third-order valence-electron chi connectivity index (χ3n) is 12.7. The molecule has 0 saturated heterocycles. The second-order valence-electron chi connectivity index (χ2n) is 19.3. The van der Waals surface area contributed by atoms with Gasteiger partial charge in [0.2, 0.25) is 0 Å². The van der Waals surface area contributed by atoms with Gasteiger partial charge in [0.1, 0.15) is 28.4 Å². The first-order valence-corrected chi connectivity index (χ1v) is 25.6. The van der Waals surface area contributed by atoms with Crippen molar-refractivity contribution in [3.8, 4) is 11.5 Å². The standard InChI is InChI=1S/C56H62ClN7O13/c1-36-10-9-13-43-46(30-45-49(48(36)43)38(31-57)32-64(45)53(68)44-34-62-33-39(16-19-47(62)59-44)58-50(65)37-14-17-40(18-15-37)75-35-71-6)76-55(70)61(21-20-60(5)54(69)77-56(2,3)4)22-24-72-26-28-74-29-27-73-25-23-63-51(66)41-11-7-8-12-42(41)52(63)67/h7-19,30,33-34,38H,20-29,31-32,35H2,1-6H3,(H,58,65)/t38-/m1/s1. The van der Waals surface area contributed by atoms with Crippen LogP contribution in [-0.2, 0) is 23.7 Å². The highest BCUT2D eigenvalue weighted by atomic mass is 35.5. The third kappa shape index (κ3) is 13.3. The van der Waals surface area contributed by atoms with Crippen LogP contribution in [0.3, 0.4) is 0 Å². The van der Waals surface area contributed by atoms with E-state index in [4.69, 9.17) is 44.8 Å². The van der Waals surface area contributed by atoms with E-state index < -0.39 is 23.7 Å². The molecule has 406 valence electrons. The van der Waals surface area contributed by atoms with Gasteiger partial charge in [-0.25, -0.2) is 14.6 Å². The van der Waals surface area contributed by atoms with E-state index in [9.17, 15) is 28.8 Å². The van der Waals surface area contributed by atoms with Crippen molar-refractivity contribution in [2.24, 2.45) is 0 Å². The van der Waals surface area contributed by atoms with E-state index in [2.05, 4.69) is 10.3 Å². The summed E-state index contributed by atoms with van der Waals surface area (Å²) in [5, 5.41) is 4.33. The summed E-state index contributed by atoms with van der Waals surface area (Å²) in [5.41, 5.74) is 3.78. The number of nitrogens with zero attached hydrogens (tertiary/aromatic N) is 6. The Bertz CT molecular complexity index is 3110. The summed E-state index contributed by atoms with van der Waals surface area (Å²) in [6.45, 7) is 9.10. The van der Waals surface area contributed by atoms with Crippen LogP contribution >= 0.6 is 11.6 Å². The molecule has 1 N–H and O–H groups in total. The minimum Gasteiger partial charge on any atom is -0.468 e. The number of fused-ring (bicyclic) bond motifs is 5. The zero-order valence-corrected chi connectivity index (χ0v) is 44.6. The van der Waals surface area contributed by atoms with Gasteiger partial charge in [0.15, 0.2) is 6.79 Å². The largest absolute Gasteiger partial charge is 0.468 e. The lowest BCUT2D eigenvalue weighted by molar-refractivity contribution is 0.00763. The second kappa shape index (κ2) is 25.0. The van der Waals surface area contributed by atoms with E-state index in [0.29, 0.717) is 44.8 Å². The molecule has 4 aromatic carbocycles. The fourth-order valence-electron chi connectivity index (χ4n) is 8.90. The number of alkyl halides is 1. The van der Waals surface area contributed by atoms with Gasteiger partial charge in [-0.3, -0.25) is 24.1 Å². The number of nitrogens with one attached hydrogen (secondary N) is 1. The molecule has 0 fully saturated rings. The van der Waals surface area contributed by atoms with E-state index in [1.807, 2.05) is 25.1 Å². The number of likely N-dealkylation sites (N-methyl/N-ethyl adjacent to an activating group) is 1. The van der Waals surface area contributed by atoms with E-state index in [-0.39, 0.29) is 120 Å². The number of imide groups is 1. The van der Waals surface area contributed by atoms with Crippen molar-refractivity contribution < 1.29 is 61.9 Å². The summed E-state index contributed by atoms with van der Waals surface area (Å²) in [4.78, 5) is 90.5. The number of hydrogen-bond donors (Lipinski definition) is 1. The van der Waals surface area contributed by atoms with Crippen molar-refractivity contribution in [2.75, 3.05) is 109 Å². The lowest BCUT2D eigenvalue weighted by Crippen LogP contribution is -2.43. The quantitative estimate of drug-likeness (QED) is 0.0279. The molecule has 0 unspecified atom stereocenters. The molecule has 2 aliphatic rings. The third-order valence-corrected chi connectivity index (χ3v) is 13.1. The predicted octanol–water partition coefficient (Wildman–Crippen LogP) is 8.03. The van der Waals surface area contributed by atoms with E-state index in [0.717, 1.165) is 16.5 Å². The number of ether oxygens (including phenoxy) is 7. The number of anilines is 2. The number of halogens is 1. The van der Waals surface area contributed by atoms with Gasteiger partial charge in [-0.2, -0.15) is 0 Å². The number of benzene rings is 4. The van der Waals surface area contributed by atoms with Crippen molar-refractivity contribution in [1.82, 2.24) is 24.1 Å². The van der Waals surface area contributed by atoms with E-state index >= 15 is 0 Å². The minimum absolute atomic E-state index is 0.0600. The van der Waals surface area contributed by atoms with Crippen LogP contribution in [0.4, 0.5) is 21.0 Å². The maximum Gasteiger partial charge on any atom is 0.415 e.